The van der Waals surface area contributed by atoms with Crippen molar-refractivity contribution in [2.24, 2.45) is 10.1 Å². The Labute approximate surface area is 208 Å². The van der Waals surface area contributed by atoms with Crippen molar-refractivity contribution >= 4 is 49.0 Å². The molecule has 1 N–H and O–H groups in total. The van der Waals surface area contributed by atoms with Gasteiger partial charge < -0.3 is 9.47 Å². The van der Waals surface area contributed by atoms with Crippen molar-refractivity contribution in [2.45, 2.75) is 19.8 Å². The van der Waals surface area contributed by atoms with Crippen LogP contribution in [-0.4, -0.2) is 54.2 Å². The zero-order valence-corrected chi connectivity index (χ0v) is 20.9. The number of fused-ring (bicyclic) bond motifs is 1. The molecule has 2 aromatic carbocycles. The van der Waals surface area contributed by atoms with E-state index in [1.54, 1.807) is 24.3 Å². The molecule has 0 aromatic heterocycles. The quantitative estimate of drug-likeness (QED) is 0.423. The van der Waals surface area contributed by atoms with Gasteiger partial charge in [-0.05, 0) is 59.7 Å². The van der Waals surface area contributed by atoms with Gasteiger partial charge in [0.15, 0.2) is 5.84 Å². The van der Waals surface area contributed by atoms with E-state index < -0.39 is 15.7 Å². The molecule has 2 heterocycles. The van der Waals surface area contributed by atoms with Crippen LogP contribution < -0.4 is 9.47 Å². The number of hydrogen-bond acceptors (Lipinski definition) is 8. The summed E-state index contributed by atoms with van der Waals surface area (Å²) in [6.45, 7) is 3.14. The van der Waals surface area contributed by atoms with Crippen LogP contribution in [0.5, 0.6) is 11.5 Å². The molecule has 0 aliphatic carbocycles. The Morgan fingerprint density at radius 1 is 1.03 bits per heavy atom. The van der Waals surface area contributed by atoms with Gasteiger partial charge in [-0.3, -0.25) is 10.2 Å². The molecule has 0 atom stereocenters. The first-order valence-corrected chi connectivity index (χ1v) is 13.6. The van der Waals surface area contributed by atoms with Gasteiger partial charge >= 0.3 is 0 Å². The van der Waals surface area contributed by atoms with Crippen LogP contribution in [0.25, 0.3) is 6.08 Å². The molecule has 0 bridgehead atoms. The van der Waals surface area contributed by atoms with Gasteiger partial charge in [-0.15, -0.1) is 5.10 Å². The highest BCUT2D eigenvalue weighted by Gasteiger charge is 2.38. The number of carbonyl (C=O) groups excluding carboxylic acids is 1. The van der Waals surface area contributed by atoms with Gasteiger partial charge in [0, 0.05) is 12.7 Å². The first-order valence-electron chi connectivity index (χ1n) is 10.9. The highest BCUT2D eigenvalue weighted by atomic mass is 32.3. The minimum atomic E-state index is -3.57. The average Bonchev–Trinajstić information content (AvgIpc) is 3.28. The van der Waals surface area contributed by atoms with E-state index in [1.165, 1.54) is 11.6 Å². The maximum atomic E-state index is 12.4. The van der Waals surface area contributed by atoms with E-state index >= 15 is 0 Å². The summed E-state index contributed by atoms with van der Waals surface area (Å²) in [5.41, 5.74) is 1.96. The minimum Gasteiger partial charge on any atom is -0.493 e. The monoisotopic (exact) mass is 512 g/mol. The molecule has 0 spiro atoms. The normalized spacial score (nSPS) is 16.7. The maximum absolute atomic E-state index is 12.4. The number of ether oxygens (including phenoxy) is 2. The third-order valence-electron chi connectivity index (χ3n) is 5.10. The van der Waals surface area contributed by atoms with Crippen molar-refractivity contribution < 1.29 is 22.7 Å². The van der Waals surface area contributed by atoms with E-state index in [9.17, 15) is 13.2 Å². The molecule has 0 unspecified atom stereocenters. The highest BCUT2D eigenvalue weighted by molar-refractivity contribution is 8.42. The number of thioether (sulfide) groups is 1. The Hall–Kier alpha value is -3.44. The smallest absolute Gasteiger partial charge is 0.283 e. The Kier molecular flexibility index (Phi) is 7.37. The molecular formula is C24H24N4O5S2. The van der Waals surface area contributed by atoms with Crippen LogP contribution in [0.1, 0.15) is 24.5 Å². The molecule has 4 rings (SSSR count). The number of nitrogens with one attached hydrogen (secondary N) is 1. The number of amidine groups is 2. The Morgan fingerprint density at radius 3 is 2.20 bits per heavy atom. The first-order chi connectivity index (χ1) is 16.7. The molecule has 11 heteroatoms. The summed E-state index contributed by atoms with van der Waals surface area (Å²) >= 11 is 0.754. The summed E-state index contributed by atoms with van der Waals surface area (Å²) in [5, 5.41) is 13.4. The van der Waals surface area contributed by atoms with Crippen LogP contribution >= 0.6 is 11.8 Å². The Balaban J connectivity index is 1.31. The number of benzene rings is 2. The van der Waals surface area contributed by atoms with Gasteiger partial charge in [0.1, 0.15) is 11.5 Å². The van der Waals surface area contributed by atoms with E-state index in [0.717, 1.165) is 41.6 Å². The van der Waals surface area contributed by atoms with Gasteiger partial charge in [0.05, 0.1) is 18.8 Å². The Bertz CT molecular complexity index is 1330. The number of aliphatic imine (C=N–C) groups is 1. The predicted octanol–water partition coefficient (Wildman–Crippen LogP) is 3.72. The number of nitrogens with zero attached hydrogens (tertiary/aromatic N) is 3. The first kappa shape index (κ1) is 24.7. The molecule has 0 saturated heterocycles. The topological polar surface area (TPSA) is 121 Å². The van der Waals surface area contributed by atoms with Gasteiger partial charge in [-0.25, -0.2) is 8.42 Å². The van der Waals surface area contributed by atoms with Crippen molar-refractivity contribution in [2.75, 3.05) is 19.5 Å². The van der Waals surface area contributed by atoms with Crippen molar-refractivity contribution in [3.05, 3.63) is 65.2 Å². The minimum absolute atomic E-state index is 0.0191. The summed E-state index contributed by atoms with van der Waals surface area (Å²) in [6, 6.07) is 15.1. The molecule has 2 aliphatic heterocycles. The number of amides is 1. The summed E-state index contributed by atoms with van der Waals surface area (Å²) in [6.07, 6.45) is 4.25. The van der Waals surface area contributed by atoms with E-state index in [2.05, 4.69) is 29.2 Å². The second kappa shape index (κ2) is 10.4. The second-order valence-corrected chi connectivity index (χ2v) is 10.9. The van der Waals surface area contributed by atoms with Crippen LogP contribution in [0.2, 0.25) is 0 Å². The molecule has 35 heavy (non-hydrogen) atoms. The molecule has 2 aliphatic rings. The van der Waals surface area contributed by atoms with Crippen LogP contribution in [0.4, 0.5) is 0 Å². The number of hydrogen-bond donors (Lipinski definition) is 1. The fourth-order valence-corrected chi connectivity index (χ4v) is 4.90. The molecule has 9 nitrogen and oxygen atoms in total. The largest absolute Gasteiger partial charge is 0.493 e. The summed E-state index contributed by atoms with van der Waals surface area (Å²) in [7, 11) is -3.57. The summed E-state index contributed by atoms with van der Waals surface area (Å²) in [4.78, 5) is 16.3. The van der Waals surface area contributed by atoms with Crippen molar-refractivity contribution in [3.8, 4) is 11.5 Å². The molecule has 182 valence electrons. The molecule has 0 radical (unpaired) electrons. The lowest BCUT2D eigenvalue weighted by Gasteiger charge is -2.20. The zero-order chi connectivity index (χ0) is 25.0. The highest BCUT2D eigenvalue weighted by Crippen LogP contribution is 2.30. The van der Waals surface area contributed by atoms with E-state index in [4.69, 9.17) is 14.9 Å². The summed E-state index contributed by atoms with van der Waals surface area (Å²) < 4.78 is 34.8. The second-order valence-electron chi connectivity index (χ2n) is 7.78. The average molecular weight is 513 g/mol. The number of rotatable bonds is 8. The van der Waals surface area contributed by atoms with Crippen LogP contribution in [-0.2, 0) is 21.1 Å². The van der Waals surface area contributed by atoms with Crippen molar-refractivity contribution in [1.82, 2.24) is 5.01 Å². The summed E-state index contributed by atoms with van der Waals surface area (Å²) in [5.74, 6) is 0.659. The third-order valence-corrected chi connectivity index (χ3v) is 7.68. The number of aryl methyl sites for hydroxylation is 1. The molecular weight excluding hydrogens is 488 g/mol. The van der Waals surface area contributed by atoms with E-state index in [1.807, 2.05) is 12.1 Å². The van der Waals surface area contributed by atoms with Gasteiger partial charge in [0.25, 0.3) is 5.91 Å². The standard InChI is InChI=1S/C24H24N4O5S2/c1-3-16-5-9-18(10-6-16)32-13-4-14-33-19-11-7-17(8-12-19)15-20-21(25)28-23(26-22(20)29)34-24(27-28)35(2,30)31/h5-12,15,25H,3-4,13-14H2,1-2H3/b20-15+,25-21?. The molecule has 0 saturated carbocycles. The van der Waals surface area contributed by atoms with Crippen LogP contribution in [0.15, 0.2) is 64.2 Å². The molecule has 0 fully saturated rings. The number of carbonyl (C=O) groups is 1. The van der Waals surface area contributed by atoms with Crippen LogP contribution in [0.3, 0.4) is 0 Å². The van der Waals surface area contributed by atoms with Crippen molar-refractivity contribution in [3.63, 3.8) is 0 Å². The van der Waals surface area contributed by atoms with Gasteiger partial charge in [-0.1, -0.05) is 31.2 Å². The Morgan fingerprint density at radius 2 is 1.63 bits per heavy atom. The fraction of sp³-hybridized carbons (Fsp3) is 0.250. The predicted molar refractivity (Wildman–Crippen MR) is 138 cm³/mol. The number of sulfone groups is 1. The zero-order valence-electron chi connectivity index (χ0n) is 19.2. The lowest BCUT2D eigenvalue weighted by Crippen LogP contribution is -2.35. The van der Waals surface area contributed by atoms with Gasteiger partial charge in [0.2, 0.25) is 19.4 Å². The van der Waals surface area contributed by atoms with Gasteiger partial charge in [-0.2, -0.15) is 10.0 Å². The number of hydrazone groups is 1. The maximum Gasteiger partial charge on any atom is 0.283 e. The fourth-order valence-electron chi connectivity index (χ4n) is 3.21. The molecule has 1 amide bonds. The van der Waals surface area contributed by atoms with E-state index in [-0.39, 0.29) is 21.0 Å². The lowest BCUT2D eigenvalue weighted by molar-refractivity contribution is -0.114. The lowest BCUT2D eigenvalue weighted by atomic mass is 10.1. The van der Waals surface area contributed by atoms with E-state index in [0.29, 0.717) is 24.5 Å². The van der Waals surface area contributed by atoms with Crippen molar-refractivity contribution in [1.29, 1.82) is 5.41 Å². The molecule has 2 aromatic rings. The SMILES string of the molecule is CCc1ccc(OCCCOc2ccc(/C=C3\C(=N)N4N=C(S(C)(=O)=O)SC4=NC3=O)cc2)cc1. The third kappa shape index (κ3) is 5.98. The van der Waals surface area contributed by atoms with Crippen LogP contribution in [0, 0.1) is 5.41 Å².